The summed E-state index contributed by atoms with van der Waals surface area (Å²) in [6, 6.07) is 5.28. The molecule has 1 aromatic rings. The molecule has 8 heteroatoms. The molecule has 6 nitrogen and oxygen atoms in total. The third-order valence-corrected chi connectivity index (χ3v) is 3.63. The summed E-state index contributed by atoms with van der Waals surface area (Å²) < 4.78 is 5.10. The SMILES string of the molecule is Cl.N[C@H](Cc1ccc(Cl)cc1)C(=O)N1CCOC[C@H]1C(=O)O. The van der Waals surface area contributed by atoms with Crippen LogP contribution in [0.5, 0.6) is 0 Å². The summed E-state index contributed by atoms with van der Waals surface area (Å²) >= 11 is 5.80. The summed E-state index contributed by atoms with van der Waals surface area (Å²) in [6.07, 6.45) is 0.333. The molecule has 1 amide bonds. The molecule has 122 valence electrons. The summed E-state index contributed by atoms with van der Waals surface area (Å²) in [5, 5.41) is 9.74. The van der Waals surface area contributed by atoms with Gasteiger partial charge >= 0.3 is 5.97 Å². The predicted molar refractivity (Wildman–Crippen MR) is 84.3 cm³/mol. The molecule has 0 spiro atoms. The van der Waals surface area contributed by atoms with Gasteiger partial charge in [-0.2, -0.15) is 0 Å². The van der Waals surface area contributed by atoms with Crippen molar-refractivity contribution in [1.82, 2.24) is 4.90 Å². The molecule has 2 rings (SSSR count). The quantitative estimate of drug-likeness (QED) is 0.844. The lowest BCUT2D eigenvalue weighted by atomic mass is 10.0. The van der Waals surface area contributed by atoms with Crippen molar-refractivity contribution in [2.45, 2.75) is 18.5 Å². The topological polar surface area (TPSA) is 92.9 Å². The number of benzene rings is 1. The van der Waals surface area contributed by atoms with Crippen LogP contribution in [0.4, 0.5) is 0 Å². The molecule has 0 bridgehead atoms. The number of morpholine rings is 1. The number of carbonyl (C=O) groups is 2. The monoisotopic (exact) mass is 348 g/mol. The van der Waals surface area contributed by atoms with Crippen LogP contribution < -0.4 is 5.73 Å². The molecule has 3 N–H and O–H groups in total. The van der Waals surface area contributed by atoms with Crippen molar-refractivity contribution in [1.29, 1.82) is 0 Å². The van der Waals surface area contributed by atoms with Crippen molar-refractivity contribution in [3.63, 3.8) is 0 Å². The average Bonchev–Trinajstić information content (AvgIpc) is 2.48. The zero-order chi connectivity index (χ0) is 15.4. The lowest BCUT2D eigenvalue weighted by molar-refractivity contribution is -0.158. The number of carboxylic acid groups (broad SMARTS) is 1. The van der Waals surface area contributed by atoms with Crippen LogP contribution in [-0.2, 0) is 20.7 Å². The van der Waals surface area contributed by atoms with E-state index in [1.165, 1.54) is 4.90 Å². The molecule has 1 saturated heterocycles. The van der Waals surface area contributed by atoms with Gasteiger partial charge in [0.25, 0.3) is 0 Å². The van der Waals surface area contributed by atoms with Gasteiger partial charge in [0.15, 0.2) is 6.04 Å². The molecule has 0 radical (unpaired) electrons. The van der Waals surface area contributed by atoms with Crippen molar-refractivity contribution in [3.05, 3.63) is 34.9 Å². The van der Waals surface area contributed by atoms with Crippen molar-refractivity contribution in [2.75, 3.05) is 19.8 Å². The number of rotatable bonds is 4. The number of ether oxygens (including phenoxy) is 1. The Morgan fingerprint density at radius 1 is 1.41 bits per heavy atom. The minimum absolute atomic E-state index is 0. The Morgan fingerprint density at radius 2 is 2.05 bits per heavy atom. The van der Waals surface area contributed by atoms with Crippen molar-refractivity contribution < 1.29 is 19.4 Å². The number of halogens is 2. The Hall–Kier alpha value is -1.34. The first kappa shape index (κ1) is 18.7. The van der Waals surface area contributed by atoms with Crippen LogP contribution in [0, 0.1) is 0 Å². The average molecular weight is 349 g/mol. The van der Waals surface area contributed by atoms with Crippen LogP contribution >= 0.6 is 24.0 Å². The maximum Gasteiger partial charge on any atom is 0.328 e. The summed E-state index contributed by atoms with van der Waals surface area (Å²) in [4.78, 5) is 24.8. The normalized spacial score (nSPS) is 19.2. The Labute approximate surface area is 139 Å². The maximum absolute atomic E-state index is 12.3. The zero-order valence-electron chi connectivity index (χ0n) is 11.8. The first-order valence-corrected chi connectivity index (χ1v) is 6.98. The minimum Gasteiger partial charge on any atom is -0.480 e. The third kappa shape index (κ3) is 4.58. The highest BCUT2D eigenvalue weighted by atomic mass is 35.5. The van der Waals surface area contributed by atoms with Gasteiger partial charge in [-0.3, -0.25) is 4.79 Å². The highest BCUT2D eigenvalue weighted by Crippen LogP contribution is 2.13. The van der Waals surface area contributed by atoms with Crippen molar-refractivity contribution in [2.24, 2.45) is 5.73 Å². The molecular weight excluding hydrogens is 331 g/mol. The Bertz CT molecular complexity index is 524. The van der Waals surface area contributed by atoms with Crippen molar-refractivity contribution in [3.8, 4) is 0 Å². The van der Waals surface area contributed by atoms with E-state index >= 15 is 0 Å². The Morgan fingerprint density at radius 3 is 2.64 bits per heavy atom. The molecule has 1 aliphatic heterocycles. The van der Waals surface area contributed by atoms with Crippen LogP contribution in [0.15, 0.2) is 24.3 Å². The molecule has 2 atom stereocenters. The van der Waals surface area contributed by atoms with E-state index < -0.39 is 18.1 Å². The van der Waals surface area contributed by atoms with Crippen LogP contribution in [0.1, 0.15) is 5.56 Å². The number of hydrogen-bond acceptors (Lipinski definition) is 4. The van der Waals surface area contributed by atoms with Crippen LogP contribution in [0.25, 0.3) is 0 Å². The molecule has 0 aliphatic carbocycles. The largest absolute Gasteiger partial charge is 0.480 e. The smallest absolute Gasteiger partial charge is 0.328 e. The second-order valence-electron chi connectivity index (χ2n) is 4.90. The van der Waals surface area contributed by atoms with E-state index in [0.29, 0.717) is 18.1 Å². The van der Waals surface area contributed by atoms with Crippen LogP contribution in [0.3, 0.4) is 0 Å². The molecule has 1 fully saturated rings. The number of nitrogens with two attached hydrogens (primary N) is 1. The first-order chi connectivity index (χ1) is 9.99. The predicted octanol–water partition coefficient (Wildman–Crippen LogP) is 0.944. The number of hydrogen-bond donors (Lipinski definition) is 2. The first-order valence-electron chi connectivity index (χ1n) is 6.60. The molecule has 0 saturated carbocycles. The van der Waals surface area contributed by atoms with Gasteiger partial charge in [-0.05, 0) is 24.1 Å². The fraction of sp³-hybridized carbons (Fsp3) is 0.429. The van der Waals surface area contributed by atoms with Gasteiger partial charge in [0.1, 0.15) is 0 Å². The lowest BCUT2D eigenvalue weighted by Crippen LogP contribution is -2.57. The summed E-state index contributed by atoms with van der Waals surface area (Å²) in [5.41, 5.74) is 6.80. The highest BCUT2D eigenvalue weighted by molar-refractivity contribution is 6.30. The number of carbonyl (C=O) groups excluding carboxylic acids is 1. The summed E-state index contributed by atoms with van der Waals surface area (Å²) in [7, 11) is 0. The third-order valence-electron chi connectivity index (χ3n) is 3.38. The molecule has 22 heavy (non-hydrogen) atoms. The molecule has 1 aromatic carbocycles. The molecule has 1 aliphatic rings. The Balaban J connectivity index is 0.00000242. The van der Waals surface area contributed by atoms with Crippen LogP contribution in [0.2, 0.25) is 5.02 Å². The van der Waals surface area contributed by atoms with E-state index in [-0.39, 0.29) is 31.5 Å². The fourth-order valence-electron chi connectivity index (χ4n) is 2.25. The minimum atomic E-state index is -1.08. The number of amides is 1. The zero-order valence-corrected chi connectivity index (χ0v) is 13.3. The maximum atomic E-state index is 12.3. The summed E-state index contributed by atoms with van der Waals surface area (Å²) in [5.74, 6) is -1.46. The van der Waals surface area contributed by atoms with Gasteiger partial charge in [0, 0.05) is 11.6 Å². The number of carboxylic acids is 1. The number of aliphatic carboxylic acids is 1. The van der Waals surface area contributed by atoms with Crippen LogP contribution in [-0.4, -0.2) is 53.7 Å². The van der Waals surface area contributed by atoms with E-state index in [4.69, 9.17) is 27.2 Å². The highest BCUT2D eigenvalue weighted by Gasteiger charge is 2.34. The van der Waals surface area contributed by atoms with E-state index in [2.05, 4.69) is 0 Å². The van der Waals surface area contributed by atoms with Crippen molar-refractivity contribution >= 4 is 35.9 Å². The van der Waals surface area contributed by atoms with Gasteiger partial charge in [-0.25, -0.2) is 4.79 Å². The Kier molecular flexibility index (Phi) is 7.09. The number of nitrogens with zero attached hydrogens (tertiary/aromatic N) is 1. The molecular formula is C14H18Cl2N2O4. The van der Waals surface area contributed by atoms with Gasteiger partial charge in [0.05, 0.1) is 19.3 Å². The van der Waals surface area contributed by atoms with E-state index in [0.717, 1.165) is 5.56 Å². The second kappa shape index (κ2) is 8.33. The van der Waals surface area contributed by atoms with Gasteiger partial charge < -0.3 is 20.5 Å². The summed E-state index contributed by atoms with van der Waals surface area (Å²) in [6.45, 7) is 0.558. The van der Waals surface area contributed by atoms with Gasteiger partial charge in [0.2, 0.25) is 5.91 Å². The van der Waals surface area contributed by atoms with Gasteiger partial charge in [-0.15, -0.1) is 12.4 Å². The van der Waals surface area contributed by atoms with E-state index in [1.807, 2.05) is 0 Å². The van der Waals surface area contributed by atoms with Gasteiger partial charge in [-0.1, -0.05) is 23.7 Å². The van der Waals surface area contributed by atoms with E-state index in [1.54, 1.807) is 24.3 Å². The van der Waals surface area contributed by atoms with E-state index in [9.17, 15) is 9.59 Å². The molecule has 1 heterocycles. The molecule has 0 unspecified atom stereocenters. The molecule has 0 aromatic heterocycles. The standard InChI is InChI=1S/C14H17ClN2O4.ClH/c15-10-3-1-9(2-4-10)7-11(16)13(18)17-5-6-21-8-12(17)14(19)20;/h1-4,11-12H,5-8,16H2,(H,19,20);1H/t11-,12+;/m1./s1. The second-order valence-corrected chi connectivity index (χ2v) is 5.33. The fourth-order valence-corrected chi connectivity index (χ4v) is 2.37. The lowest BCUT2D eigenvalue weighted by Gasteiger charge is -2.34.